The van der Waals surface area contributed by atoms with Crippen LogP contribution in [-0.4, -0.2) is 24.1 Å². The van der Waals surface area contributed by atoms with Gasteiger partial charge in [0.1, 0.15) is 11.5 Å². The lowest BCUT2D eigenvalue weighted by Crippen LogP contribution is -2.08. The van der Waals surface area contributed by atoms with Crippen molar-refractivity contribution in [2.24, 2.45) is 0 Å². The molecular weight excluding hydrogens is 422 g/mol. The molecule has 0 spiro atoms. The van der Waals surface area contributed by atoms with Crippen molar-refractivity contribution >= 4 is 28.7 Å². The number of rotatable bonds is 8. The Hall–Kier alpha value is -2.90. The molecule has 4 heterocycles. The Morgan fingerprint density at radius 2 is 1.87 bits per heavy atom. The minimum absolute atomic E-state index is 0.767. The molecule has 4 aromatic heterocycles. The Labute approximate surface area is 189 Å². The average Bonchev–Trinajstić information content (AvgIpc) is 3.52. The highest BCUT2D eigenvalue weighted by Crippen LogP contribution is 2.24. The number of nitrogens with zero attached hydrogens (tertiary/aromatic N) is 5. The van der Waals surface area contributed by atoms with Gasteiger partial charge in [0.25, 0.3) is 0 Å². The van der Waals surface area contributed by atoms with Gasteiger partial charge in [0, 0.05) is 36.0 Å². The fourth-order valence-corrected chi connectivity index (χ4v) is 5.17. The predicted octanol–water partition coefficient (Wildman–Crippen LogP) is 5.42. The number of benzene rings is 1. The molecule has 0 radical (unpaired) electrons. The summed E-state index contributed by atoms with van der Waals surface area (Å²) >= 11 is 3.47. The van der Waals surface area contributed by atoms with Crippen LogP contribution in [0.1, 0.15) is 27.5 Å². The quantitative estimate of drug-likeness (QED) is 0.299. The first kappa shape index (κ1) is 20.0. The van der Waals surface area contributed by atoms with E-state index in [1.165, 1.54) is 16.0 Å². The molecule has 0 atom stereocenters. The fraction of sp³-hybridized carbons (Fsp3) is 0.208. The highest BCUT2D eigenvalue weighted by Gasteiger charge is 2.15. The van der Waals surface area contributed by atoms with E-state index >= 15 is 0 Å². The lowest BCUT2D eigenvalue weighted by Gasteiger charge is -2.10. The Kier molecular flexibility index (Phi) is 5.86. The number of aryl methyl sites for hydroxylation is 2. The second kappa shape index (κ2) is 9.08. The molecule has 0 amide bonds. The van der Waals surface area contributed by atoms with Crippen molar-refractivity contribution in [2.45, 2.75) is 37.2 Å². The summed E-state index contributed by atoms with van der Waals surface area (Å²) in [6.45, 7) is 2.96. The highest BCUT2D eigenvalue weighted by molar-refractivity contribution is 7.98. The number of hydrogen-bond donors (Lipinski definition) is 0. The average molecular weight is 446 g/mol. The van der Waals surface area contributed by atoms with Crippen LogP contribution in [0.15, 0.2) is 77.5 Å². The number of fused-ring (bicyclic) bond motifs is 1. The molecule has 0 saturated heterocycles. The highest BCUT2D eigenvalue weighted by atomic mass is 32.2. The molecule has 5 nitrogen and oxygen atoms in total. The van der Waals surface area contributed by atoms with E-state index in [9.17, 15) is 0 Å². The van der Waals surface area contributed by atoms with Crippen molar-refractivity contribution in [1.82, 2.24) is 24.1 Å². The van der Waals surface area contributed by atoms with Crippen LogP contribution in [0.2, 0.25) is 0 Å². The van der Waals surface area contributed by atoms with Gasteiger partial charge < -0.3 is 8.97 Å². The second-order valence-electron chi connectivity index (χ2n) is 7.54. The second-order valence-corrected chi connectivity index (χ2v) is 9.51. The lowest BCUT2D eigenvalue weighted by atomic mass is 10.1. The van der Waals surface area contributed by atoms with Gasteiger partial charge in [-0.2, -0.15) is 0 Å². The molecule has 0 aliphatic rings. The van der Waals surface area contributed by atoms with Crippen LogP contribution in [-0.2, 0) is 25.1 Å². The van der Waals surface area contributed by atoms with Crippen LogP contribution in [0.5, 0.6) is 0 Å². The maximum atomic E-state index is 4.75. The van der Waals surface area contributed by atoms with Crippen molar-refractivity contribution in [3.63, 3.8) is 0 Å². The summed E-state index contributed by atoms with van der Waals surface area (Å²) in [5.41, 5.74) is 4.58. The van der Waals surface area contributed by atoms with Crippen LogP contribution < -0.4 is 0 Å². The molecule has 156 valence electrons. The van der Waals surface area contributed by atoms with Crippen molar-refractivity contribution in [3.05, 3.63) is 99.9 Å². The van der Waals surface area contributed by atoms with E-state index in [4.69, 9.17) is 4.98 Å². The van der Waals surface area contributed by atoms with Gasteiger partial charge in [-0.05, 0) is 42.0 Å². The summed E-state index contributed by atoms with van der Waals surface area (Å²) in [6, 6.07) is 19.0. The molecule has 0 bridgehead atoms. The van der Waals surface area contributed by atoms with E-state index in [1.807, 2.05) is 0 Å². The van der Waals surface area contributed by atoms with Gasteiger partial charge in [-0.3, -0.25) is 0 Å². The van der Waals surface area contributed by atoms with Crippen molar-refractivity contribution in [3.8, 4) is 0 Å². The maximum absolute atomic E-state index is 4.75. The van der Waals surface area contributed by atoms with Crippen molar-refractivity contribution in [2.75, 3.05) is 0 Å². The first-order valence-corrected chi connectivity index (χ1v) is 12.2. The van der Waals surface area contributed by atoms with Gasteiger partial charge in [-0.1, -0.05) is 54.2 Å². The summed E-state index contributed by atoms with van der Waals surface area (Å²) < 4.78 is 4.37. The standard InChI is InChI=1S/C24H23N5S2/c1-18-9-10-22-25-20(16-28(22)15-18)17-31-24-27-26-23(14-21-8-5-13-30-21)29(24)12-11-19-6-3-2-4-7-19/h2-10,13,15-16H,11-12,14,17H2,1H3. The molecule has 0 aliphatic heterocycles. The fourth-order valence-electron chi connectivity index (χ4n) is 3.60. The molecule has 0 unspecified atom stereocenters. The zero-order chi connectivity index (χ0) is 21.0. The van der Waals surface area contributed by atoms with Gasteiger partial charge >= 0.3 is 0 Å². The monoisotopic (exact) mass is 445 g/mol. The van der Waals surface area contributed by atoms with Crippen molar-refractivity contribution < 1.29 is 0 Å². The minimum atomic E-state index is 0.767. The van der Waals surface area contributed by atoms with E-state index < -0.39 is 0 Å². The number of thioether (sulfide) groups is 1. The van der Waals surface area contributed by atoms with Gasteiger partial charge in [-0.15, -0.1) is 21.5 Å². The molecule has 5 aromatic rings. The zero-order valence-electron chi connectivity index (χ0n) is 17.3. The molecule has 7 heteroatoms. The Morgan fingerprint density at radius 1 is 0.968 bits per heavy atom. The van der Waals surface area contributed by atoms with E-state index in [0.717, 1.165) is 47.5 Å². The topological polar surface area (TPSA) is 48.0 Å². The van der Waals surface area contributed by atoms with Crippen LogP contribution in [0.25, 0.3) is 5.65 Å². The number of aromatic nitrogens is 5. The first-order valence-electron chi connectivity index (χ1n) is 10.3. The smallest absolute Gasteiger partial charge is 0.191 e. The molecule has 1 aromatic carbocycles. The van der Waals surface area contributed by atoms with Crippen LogP contribution in [0.4, 0.5) is 0 Å². The third kappa shape index (κ3) is 4.73. The van der Waals surface area contributed by atoms with Crippen LogP contribution in [0, 0.1) is 6.92 Å². The maximum Gasteiger partial charge on any atom is 0.191 e. The van der Waals surface area contributed by atoms with E-state index in [-0.39, 0.29) is 0 Å². The lowest BCUT2D eigenvalue weighted by molar-refractivity contribution is 0.610. The van der Waals surface area contributed by atoms with E-state index in [1.54, 1.807) is 23.1 Å². The summed E-state index contributed by atoms with van der Waals surface area (Å²) in [7, 11) is 0. The van der Waals surface area contributed by atoms with Gasteiger partial charge in [0.15, 0.2) is 5.16 Å². The molecule has 31 heavy (non-hydrogen) atoms. The number of hydrogen-bond acceptors (Lipinski definition) is 5. The summed E-state index contributed by atoms with van der Waals surface area (Å²) in [4.78, 5) is 6.05. The van der Waals surface area contributed by atoms with E-state index in [2.05, 4.69) is 98.5 Å². The van der Waals surface area contributed by atoms with Crippen LogP contribution in [0.3, 0.4) is 0 Å². The number of imidazole rings is 1. The summed E-state index contributed by atoms with van der Waals surface area (Å²) in [6.07, 6.45) is 5.98. The number of thiophene rings is 1. The van der Waals surface area contributed by atoms with E-state index in [0.29, 0.717) is 0 Å². The molecule has 0 aliphatic carbocycles. The molecule has 0 N–H and O–H groups in total. The zero-order valence-corrected chi connectivity index (χ0v) is 18.9. The Morgan fingerprint density at radius 3 is 2.71 bits per heavy atom. The number of pyridine rings is 1. The van der Waals surface area contributed by atoms with Crippen molar-refractivity contribution in [1.29, 1.82) is 0 Å². The summed E-state index contributed by atoms with van der Waals surface area (Å²) in [5.74, 6) is 1.79. The van der Waals surface area contributed by atoms with Gasteiger partial charge in [-0.25, -0.2) is 4.98 Å². The first-order chi connectivity index (χ1) is 15.2. The van der Waals surface area contributed by atoms with Crippen LogP contribution >= 0.6 is 23.1 Å². The Balaban J connectivity index is 1.36. The van der Waals surface area contributed by atoms with Gasteiger partial charge in [0.2, 0.25) is 0 Å². The minimum Gasteiger partial charge on any atom is -0.307 e. The normalized spacial score (nSPS) is 11.4. The molecule has 0 fully saturated rings. The summed E-state index contributed by atoms with van der Waals surface area (Å²) in [5, 5.41) is 12.1. The SMILES string of the molecule is Cc1ccc2nc(CSc3nnc(Cc4cccs4)n3CCc3ccccc3)cn2c1. The third-order valence-electron chi connectivity index (χ3n) is 5.17. The Bertz CT molecular complexity index is 1270. The predicted molar refractivity (Wildman–Crippen MR) is 127 cm³/mol. The largest absolute Gasteiger partial charge is 0.307 e. The molecular formula is C24H23N5S2. The molecule has 0 saturated carbocycles. The molecule has 5 rings (SSSR count). The third-order valence-corrected chi connectivity index (χ3v) is 7.05. The van der Waals surface area contributed by atoms with Gasteiger partial charge in [0.05, 0.1) is 5.69 Å².